The van der Waals surface area contributed by atoms with Crippen LogP contribution in [0.3, 0.4) is 0 Å². The summed E-state index contributed by atoms with van der Waals surface area (Å²) in [6.45, 7) is 0.737. The highest BCUT2D eigenvalue weighted by Gasteiger charge is 2.43. The number of rotatable bonds is 5. The first-order valence-corrected chi connectivity index (χ1v) is 11.6. The molecule has 2 amide bonds. The first kappa shape index (κ1) is 21.8. The van der Waals surface area contributed by atoms with E-state index in [4.69, 9.17) is 9.47 Å². The third-order valence-electron chi connectivity index (χ3n) is 6.63. The van der Waals surface area contributed by atoms with Crippen LogP contribution in [0, 0.1) is 0 Å². The third kappa shape index (κ3) is 3.84. The minimum atomic E-state index is -0.626. The largest absolute Gasteiger partial charge is 0.454 e. The molecule has 1 aromatic heterocycles. The number of carbonyl (C=O) groups is 2. The topological polar surface area (TPSA) is 98.6 Å². The van der Waals surface area contributed by atoms with Crippen molar-refractivity contribution in [3.63, 3.8) is 0 Å². The fourth-order valence-corrected chi connectivity index (χ4v) is 4.89. The number of fused-ring (bicyclic) bond motifs is 2. The Morgan fingerprint density at radius 3 is 2.67 bits per heavy atom. The molecule has 0 saturated heterocycles. The Kier molecular flexibility index (Phi) is 5.37. The molecule has 0 spiro atoms. The van der Waals surface area contributed by atoms with Crippen molar-refractivity contribution in [3.05, 3.63) is 102 Å². The van der Waals surface area contributed by atoms with Gasteiger partial charge in [-0.25, -0.2) is 9.67 Å². The van der Waals surface area contributed by atoms with Crippen LogP contribution in [-0.2, 0) is 11.3 Å². The molecular formula is C27H23N5O4. The van der Waals surface area contributed by atoms with Gasteiger partial charge >= 0.3 is 0 Å². The molecule has 3 aromatic carbocycles. The monoisotopic (exact) mass is 481 g/mol. The normalized spacial score (nSPS) is 18.1. The van der Waals surface area contributed by atoms with Crippen LogP contribution in [-0.4, -0.2) is 45.3 Å². The van der Waals surface area contributed by atoms with Crippen LogP contribution < -0.4 is 14.8 Å². The van der Waals surface area contributed by atoms with Gasteiger partial charge in [0.25, 0.3) is 5.91 Å². The Balaban J connectivity index is 1.33. The molecule has 2 aliphatic rings. The van der Waals surface area contributed by atoms with Crippen LogP contribution in [0.15, 0.2) is 79.4 Å². The molecule has 0 aliphatic carbocycles. The van der Waals surface area contributed by atoms with Crippen LogP contribution in [0.25, 0.3) is 0 Å². The lowest BCUT2D eigenvalue weighted by Gasteiger charge is -2.39. The quantitative estimate of drug-likeness (QED) is 0.468. The van der Waals surface area contributed by atoms with Crippen molar-refractivity contribution in [1.82, 2.24) is 19.7 Å². The lowest BCUT2D eigenvalue weighted by molar-refractivity contribution is -0.119. The number of nitrogens with zero attached hydrogens (tertiary/aromatic N) is 4. The summed E-state index contributed by atoms with van der Waals surface area (Å²) in [5, 5.41) is 7.18. The maximum Gasteiger partial charge on any atom is 0.254 e. The molecule has 0 bridgehead atoms. The van der Waals surface area contributed by atoms with E-state index < -0.39 is 12.0 Å². The van der Waals surface area contributed by atoms with Crippen molar-refractivity contribution < 1.29 is 19.1 Å². The van der Waals surface area contributed by atoms with Crippen LogP contribution in [0.1, 0.15) is 39.0 Å². The Morgan fingerprint density at radius 2 is 1.86 bits per heavy atom. The van der Waals surface area contributed by atoms with E-state index in [2.05, 4.69) is 15.4 Å². The number of likely N-dealkylation sites (N-methyl/N-ethyl adjacent to an activating group) is 1. The number of hydrogen-bond acceptors (Lipinski definition) is 6. The zero-order valence-electron chi connectivity index (χ0n) is 19.5. The van der Waals surface area contributed by atoms with E-state index in [1.165, 1.54) is 6.33 Å². The van der Waals surface area contributed by atoms with Crippen molar-refractivity contribution in [3.8, 4) is 11.5 Å². The van der Waals surface area contributed by atoms with Gasteiger partial charge in [-0.3, -0.25) is 9.59 Å². The van der Waals surface area contributed by atoms with E-state index in [0.29, 0.717) is 34.9 Å². The predicted octanol–water partition coefficient (Wildman–Crippen LogP) is 3.60. The molecular weight excluding hydrogens is 458 g/mol. The molecule has 4 aromatic rings. The van der Waals surface area contributed by atoms with Crippen molar-refractivity contribution in [2.45, 2.75) is 18.5 Å². The van der Waals surface area contributed by atoms with E-state index in [0.717, 1.165) is 11.1 Å². The smallest absolute Gasteiger partial charge is 0.254 e. The zero-order valence-corrected chi connectivity index (χ0v) is 19.5. The summed E-state index contributed by atoms with van der Waals surface area (Å²) < 4.78 is 12.7. The molecule has 2 aliphatic heterocycles. The fraction of sp³-hybridized carbons (Fsp3) is 0.185. The third-order valence-corrected chi connectivity index (χ3v) is 6.63. The average molecular weight is 482 g/mol. The van der Waals surface area contributed by atoms with Crippen LogP contribution >= 0.6 is 0 Å². The number of amides is 2. The standard InChI is InChI=1S/C27H23N5O4/c1-31-25(18-8-11-22-23(12-18)36-16-35-22)24(20-4-2-3-5-21(20)27(31)34)26(33)30-19-9-6-17(7-10-19)13-32-15-28-14-29-32/h2-12,14-15,24-25H,13,16H2,1H3,(H,30,33)/t24-,25+/m1/s1. The maximum absolute atomic E-state index is 13.8. The molecule has 0 unspecified atom stereocenters. The summed E-state index contributed by atoms with van der Waals surface area (Å²) in [6.07, 6.45) is 3.15. The second-order valence-electron chi connectivity index (χ2n) is 8.82. The number of nitrogens with one attached hydrogen (secondary N) is 1. The van der Waals surface area contributed by atoms with Crippen molar-refractivity contribution in [1.29, 1.82) is 0 Å². The van der Waals surface area contributed by atoms with Crippen LogP contribution in [0.2, 0.25) is 0 Å². The highest BCUT2D eigenvalue weighted by molar-refractivity contribution is 6.04. The Bertz CT molecular complexity index is 1440. The minimum absolute atomic E-state index is 0.130. The predicted molar refractivity (Wildman–Crippen MR) is 131 cm³/mol. The summed E-state index contributed by atoms with van der Waals surface area (Å²) in [7, 11) is 1.73. The fourth-order valence-electron chi connectivity index (χ4n) is 4.89. The van der Waals surface area contributed by atoms with Gasteiger partial charge in [-0.05, 0) is 47.0 Å². The van der Waals surface area contributed by atoms with Gasteiger partial charge in [0, 0.05) is 18.3 Å². The van der Waals surface area contributed by atoms with Crippen LogP contribution in [0.4, 0.5) is 5.69 Å². The van der Waals surface area contributed by atoms with Gasteiger partial charge in [0.2, 0.25) is 12.7 Å². The molecule has 9 nitrogen and oxygen atoms in total. The maximum atomic E-state index is 13.8. The first-order chi connectivity index (χ1) is 17.6. The molecule has 0 fully saturated rings. The Morgan fingerprint density at radius 1 is 1.06 bits per heavy atom. The summed E-state index contributed by atoms with van der Waals surface area (Å²) >= 11 is 0. The van der Waals surface area contributed by atoms with E-state index in [-0.39, 0.29) is 18.6 Å². The molecule has 0 radical (unpaired) electrons. The molecule has 180 valence electrons. The van der Waals surface area contributed by atoms with Crippen molar-refractivity contribution >= 4 is 17.5 Å². The van der Waals surface area contributed by atoms with E-state index in [1.54, 1.807) is 29.0 Å². The van der Waals surface area contributed by atoms with Gasteiger partial charge in [-0.15, -0.1) is 0 Å². The van der Waals surface area contributed by atoms with Gasteiger partial charge in [0.1, 0.15) is 12.7 Å². The van der Waals surface area contributed by atoms with Crippen LogP contribution in [0.5, 0.6) is 11.5 Å². The number of hydrogen-bond donors (Lipinski definition) is 1. The van der Waals surface area contributed by atoms with Gasteiger partial charge in [-0.1, -0.05) is 36.4 Å². The van der Waals surface area contributed by atoms with Gasteiger partial charge in [0.15, 0.2) is 11.5 Å². The summed E-state index contributed by atoms with van der Waals surface area (Å²) in [4.78, 5) is 32.7. The molecule has 3 heterocycles. The highest BCUT2D eigenvalue weighted by atomic mass is 16.7. The lowest BCUT2D eigenvalue weighted by Crippen LogP contribution is -2.44. The Hall–Kier alpha value is -4.66. The summed E-state index contributed by atoms with van der Waals surface area (Å²) in [5.74, 6) is 0.299. The van der Waals surface area contributed by atoms with Gasteiger partial charge in [-0.2, -0.15) is 5.10 Å². The second-order valence-corrected chi connectivity index (χ2v) is 8.82. The molecule has 0 saturated carbocycles. The van der Waals surface area contributed by atoms with Gasteiger partial charge in [0.05, 0.1) is 18.5 Å². The molecule has 1 N–H and O–H groups in total. The zero-order chi connectivity index (χ0) is 24.6. The van der Waals surface area contributed by atoms with Crippen molar-refractivity contribution in [2.75, 3.05) is 19.2 Å². The summed E-state index contributed by atoms with van der Waals surface area (Å²) in [6, 6.07) is 19.9. The molecule has 6 rings (SSSR count). The van der Waals surface area contributed by atoms with Crippen molar-refractivity contribution in [2.24, 2.45) is 0 Å². The number of aromatic nitrogens is 3. The number of benzene rings is 3. The van der Waals surface area contributed by atoms with Gasteiger partial charge < -0.3 is 19.7 Å². The number of anilines is 1. The summed E-state index contributed by atoms with van der Waals surface area (Å²) in [5.41, 5.74) is 3.73. The molecule has 9 heteroatoms. The highest BCUT2D eigenvalue weighted by Crippen LogP contribution is 2.45. The number of carbonyl (C=O) groups excluding carboxylic acids is 2. The second kappa shape index (κ2) is 8.84. The minimum Gasteiger partial charge on any atom is -0.454 e. The average Bonchev–Trinajstić information content (AvgIpc) is 3.59. The molecule has 36 heavy (non-hydrogen) atoms. The first-order valence-electron chi connectivity index (χ1n) is 11.6. The SMILES string of the molecule is CN1C(=O)c2ccccc2[C@@H](C(=O)Nc2ccc(Cn3cncn3)cc2)[C@@H]1c1ccc2c(c1)OCO2. The lowest BCUT2D eigenvalue weighted by atomic mass is 9.79. The van der Waals surface area contributed by atoms with E-state index in [1.807, 2.05) is 60.7 Å². The van der Waals surface area contributed by atoms with E-state index >= 15 is 0 Å². The Labute approximate surface area is 207 Å². The molecule has 2 atom stereocenters. The van der Waals surface area contributed by atoms with E-state index in [9.17, 15) is 9.59 Å². The number of ether oxygens (including phenoxy) is 2.